The molecule has 0 unspecified atom stereocenters. The van der Waals surface area contributed by atoms with E-state index in [0.717, 1.165) is 18.2 Å². The highest BCUT2D eigenvalue weighted by Gasteiger charge is 2.14. The Kier molecular flexibility index (Phi) is 3.48. The number of halogens is 2. The number of anilines is 1. The number of rotatable bonds is 2. The second kappa shape index (κ2) is 5.23. The number of carbonyl (C=O) groups excluding carboxylic acids is 1. The molecule has 0 aliphatic heterocycles. The highest BCUT2D eigenvalue weighted by atomic mass is 19.1. The fourth-order valence-corrected chi connectivity index (χ4v) is 1.46. The standard InChI is InChI=1S/C13H7F2N3O/c14-9-1-2-11(15)12(5-9)18-13(19)10-7-17-4-3-8(10)6-16/h1-5,7H,(H,18,19). The van der Waals surface area contributed by atoms with Gasteiger partial charge in [0.1, 0.15) is 17.7 Å². The summed E-state index contributed by atoms with van der Waals surface area (Å²) in [7, 11) is 0. The number of benzene rings is 1. The van der Waals surface area contributed by atoms with Crippen molar-refractivity contribution in [2.24, 2.45) is 0 Å². The molecule has 0 atom stereocenters. The van der Waals surface area contributed by atoms with Crippen molar-refractivity contribution in [1.82, 2.24) is 4.98 Å². The minimum Gasteiger partial charge on any atom is -0.319 e. The first kappa shape index (κ1) is 12.6. The van der Waals surface area contributed by atoms with Crippen molar-refractivity contribution in [2.45, 2.75) is 0 Å². The number of aromatic nitrogens is 1. The summed E-state index contributed by atoms with van der Waals surface area (Å²) in [5, 5.41) is 11.0. The molecule has 2 aromatic rings. The molecular formula is C13H7F2N3O. The summed E-state index contributed by atoms with van der Waals surface area (Å²) in [6, 6.07) is 5.88. The van der Waals surface area contributed by atoms with Crippen molar-refractivity contribution < 1.29 is 13.6 Å². The van der Waals surface area contributed by atoms with E-state index < -0.39 is 17.5 Å². The van der Waals surface area contributed by atoms with Crippen LogP contribution < -0.4 is 5.32 Å². The molecule has 1 N–H and O–H groups in total. The number of pyridine rings is 1. The maximum atomic E-state index is 13.4. The molecule has 6 heteroatoms. The molecule has 1 aromatic heterocycles. The molecule has 1 aromatic carbocycles. The molecule has 1 heterocycles. The lowest BCUT2D eigenvalue weighted by Gasteiger charge is -2.07. The number of carbonyl (C=O) groups is 1. The van der Waals surface area contributed by atoms with E-state index in [-0.39, 0.29) is 16.8 Å². The Morgan fingerprint density at radius 1 is 1.32 bits per heavy atom. The minimum absolute atomic E-state index is 0.00587. The van der Waals surface area contributed by atoms with E-state index in [4.69, 9.17) is 5.26 Å². The summed E-state index contributed by atoms with van der Waals surface area (Å²) in [5.41, 5.74) is -0.198. The summed E-state index contributed by atoms with van der Waals surface area (Å²) in [6.45, 7) is 0. The van der Waals surface area contributed by atoms with Gasteiger partial charge in [-0.05, 0) is 18.2 Å². The second-order valence-corrected chi connectivity index (χ2v) is 3.61. The van der Waals surface area contributed by atoms with E-state index in [1.807, 2.05) is 6.07 Å². The SMILES string of the molecule is N#Cc1ccncc1C(=O)Nc1cc(F)ccc1F. The van der Waals surface area contributed by atoms with Crippen molar-refractivity contribution in [2.75, 3.05) is 5.32 Å². The second-order valence-electron chi connectivity index (χ2n) is 3.61. The highest BCUT2D eigenvalue weighted by molar-refractivity contribution is 6.05. The van der Waals surface area contributed by atoms with E-state index in [1.165, 1.54) is 18.5 Å². The highest BCUT2D eigenvalue weighted by Crippen LogP contribution is 2.17. The molecule has 94 valence electrons. The number of hydrogen-bond donors (Lipinski definition) is 1. The van der Waals surface area contributed by atoms with Gasteiger partial charge in [-0.2, -0.15) is 5.26 Å². The Labute approximate surface area is 107 Å². The van der Waals surface area contributed by atoms with Crippen LogP contribution in [0.25, 0.3) is 0 Å². The van der Waals surface area contributed by atoms with Gasteiger partial charge in [-0.3, -0.25) is 9.78 Å². The molecule has 4 nitrogen and oxygen atoms in total. The fourth-order valence-electron chi connectivity index (χ4n) is 1.46. The van der Waals surface area contributed by atoms with Crippen molar-refractivity contribution in [1.29, 1.82) is 5.26 Å². The van der Waals surface area contributed by atoms with Crippen LogP contribution in [-0.2, 0) is 0 Å². The number of nitriles is 1. The first-order valence-corrected chi connectivity index (χ1v) is 5.22. The van der Waals surface area contributed by atoms with Gasteiger partial charge in [-0.25, -0.2) is 8.78 Å². The quantitative estimate of drug-likeness (QED) is 0.901. The summed E-state index contributed by atoms with van der Waals surface area (Å²) in [5.74, 6) is -2.17. The van der Waals surface area contributed by atoms with Crippen molar-refractivity contribution in [3.05, 3.63) is 59.4 Å². The third-order valence-corrected chi connectivity index (χ3v) is 2.36. The number of amides is 1. The number of hydrogen-bond acceptors (Lipinski definition) is 3. The molecule has 19 heavy (non-hydrogen) atoms. The Hall–Kier alpha value is -2.81. The average Bonchev–Trinajstić information content (AvgIpc) is 2.42. The minimum atomic E-state index is -0.767. The van der Waals surface area contributed by atoms with Crippen LogP contribution >= 0.6 is 0 Å². The zero-order valence-electron chi connectivity index (χ0n) is 9.52. The Morgan fingerprint density at radius 2 is 2.11 bits per heavy atom. The van der Waals surface area contributed by atoms with E-state index in [0.29, 0.717) is 0 Å². The predicted octanol–water partition coefficient (Wildman–Crippen LogP) is 2.48. The van der Waals surface area contributed by atoms with Crippen molar-refractivity contribution >= 4 is 11.6 Å². The van der Waals surface area contributed by atoms with Gasteiger partial charge in [0.05, 0.1) is 16.8 Å². The molecule has 0 aliphatic carbocycles. The normalized spacial score (nSPS) is 9.74. The van der Waals surface area contributed by atoms with E-state index in [9.17, 15) is 13.6 Å². The zero-order valence-corrected chi connectivity index (χ0v) is 9.52. The van der Waals surface area contributed by atoms with Gasteiger partial charge in [0.15, 0.2) is 0 Å². The molecule has 0 radical (unpaired) electrons. The Bertz CT molecular complexity index is 680. The van der Waals surface area contributed by atoms with Gasteiger partial charge < -0.3 is 5.32 Å². The Balaban J connectivity index is 2.31. The molecule has 0 bridgehead atoms. The Morgan fingerprint density at radius 3 is 2.84 bits per heavy atom. The molecule has 0 saturated heterocycles. The van der Waals surface area contributed by atoms with E-state index >= 15 is 0 Å². The molecule has 0 fully saturated rings. The molecule has 2 rings (SSSR count). The number of nitrogens with zero attached hydrogens (tertiary/aromatic N) is 2. The van der Waals surface area contributed by atoms with Crippen LogP contribution in [-0.4, -0.2) is 10.9 Å². The number of nitrogens with one attached hydrogen (secondary N) is 1. The van der Waals surface area contributed by atoms with Gasteiger partial charge >= 0.3 is 0 Å². The van der Waals surface area contributed by atoms with Crippen LogP contribution in [0.4, 0.5) is 14.5 Å². The summed E-state index contributed by atoms with van der Waals surface area (Å²) < 4.78 is 26.3. The van der Waals surface area contributed by atoms with Crippen LogP contribution in [0.5, 0.6) is 0 Å². The summed E-state index contributed by atoms with van der Waals surface area (Å²) in [4.78, 5) is 15.6. The summed E-state index contributed by atoms with van der Waals surface area (Å²) >= 11 is 0. The lowest BCUT2D eigenvalue weighted by molar-refractivity contribution is 0.102. The van der Waals surface area contributed by atoms with Crippen LogP contribution in [0, 0.1) is 23.0 Å². The first-order chi connectivity index (χ1) is 9.11. The van der Waals surface area contributed by atoms with Crippen LogP contribution in [0.15, 0.2) is 36.7 Å². The maximum Gasteiger partial charge on any atom is 0.258 e. The van der Waals surface area contributed by atoms with Crippen LogP contribution in [0.2, 0.25) is 0 Å². The van der Waals surface area contributed by atoms with Crippen molar-refractivity contribution in [3.8, 4) is 6.07 Å². The van der Waals surface area contributed by atoms with Crippen molar-refractivity contribution in [3.63, 3.8) is 0 Å². The van der Waals surface area contributed by atoms with Gasteiger partial charge in [0, 0.05) is 18.5 Å². The molecule has 0 aliphatic rings. The third kappa shape index (κ3) is 2.72. The average molecular weight is 259 g/mol. The van der Waals surface area contributed by atoms with Gasteiger partial charge in [0.25, 0.3) is 5.91 Å². The van der Waals surface area contributed by atoms with E-state index in [2.05, 4.69) is 10.3 Å². The maximum absolute atomic E-state index is 13.4. The van der Waals surface area contributed by atoms with Gasteiger partial charge in [-0.1, -0.05) is 0 Å². The smallest absolute Gasteiger partial charge is 0.258 e. The third-order valence-electron chi connectivity index (χ3n) is 2.36. The first-order valence-electron chi connectivity index (χ1n) is 5.22. The molecule has 0 saturated carbocycles. The lowest BCUT2D eigenvalue weighted by Crippen LogP contribution is -2.15. The molecular weight excluding hydrogens is 252 g/mol. The zero-order chi connectivity index (χ0) is 13.8. The molecule has 1 amide bonds. The lowest BCUT2D eigenvalue weighted by atomic mass is 10.1. The van der Waals surface area contributed by atoms with Crippen LogP contribution in [0.1, 0.15) is 15.9 Å². The van der Waals surface area contributed by atoms with E-state index in [1.54, 1.807) is 0 Å². The molecule has 0 spiro atoms. The summed E-state index contributed by atoms with van der Waals surface area (Å²) in [6.07, 6.45) is 2.54. The predicted molar refractivity (Wildman–Crippen MR) is 63.3 cm³/mol. The van der Waals surface area contributed by atoms with Crippen LogP contribution in [0.3, 0.4) is 0 Å². The topological polar surface area (TPSA) is 65.8 Å². The largest absolute Gasteiger partial charge is 0.319 e. The fraction of sp³-hybridized carbons (Fsp3) is 0. The monoisotopic (exact) mass is 259 g/mol. The van der Waals surface area contributed by atoms with Gasteiger partial charge in [-0.15, -0.1) is 0 Å². The van der Waals surface area contributed by atoms with Gasteiger partial charge in [0.2, 0.25) is 0 Å².